The van der Waals surface area contributed by atoms with E-state index in [4.69, 9.17) is 4.99 Å². The van der Waals surface area contributed by atoms with Gasteiger partial charge in [-0.15, -0.1) is 11.3 Å². The molecule has 2 aliphatic heterocycles. The summed E-state index contributed by atoms with van der Waals surface area (Å²) >= 11 is 1.75. The molecule has 0 spiro atoms. The van der Waals surface area contributed by atoms with E-state index in [1.807, 2.05) is 0 Å². The zero-order chi connectivity index (χ0) is 17.5. The van der Waals surface area contributed by atoms with Crippen LogP contribution in [0.1, 0.15) is 50.2 Å². The molecular weight excluding hydrogens is 330 g/mol. The number of aliphatic imine (C=N–C) groups is 1. The van der Waals surface area contributed by atoms with Crippen molar-refractivity contribution in [3.8, 4) is 0 Å². The SMILES string of the molecule is CCNC(=NCc1csc(CC)n1)N1CCC(CN2CCCCC2)C1. The van der Waals surface area contributed by atoms with Crippen LogP contribution in [0.3, 0.4) is 0 Å². The third kappa shape index (κ3) is 5.42. The van der Waals surface area contributed by atoms with Crippen LogP contribution < -0.4 is 5.32 Å². The van der Waals surface area contributed by atoms with Crippen molar-refractivity contribution in [3.63, 3.8) is 0 Å². The van der Waals surface area contributed by atoms with Gasteiger partial charge in [0, 0.05) is 31.6 Å². The smallest absolute Gasteiger partial charge is 0.194 e. The van der Waals surface area contributed by atoms with Crippen LogP contribution in [0.2, 0.25) is 0 Å². The number of rotatable bonds is 6. The molecule has 3 heterocycles. The molecule has 0 aromatic carbocycles. The van der Waals surface area contributed by atoms with E-state index < -0.39 is 0 Å². The molecule has 2 fully saturated rings. The lowest BCUT2D eigenvalue weighted by Crippen LogP contribution is -2.41. The predicted octanol–water partition coefficient (Wildman–Crippen LogP) is 2.98. The van der Waals surface area contributed by atoms with Crippen molar-refractivity contribution < 1.29 is 0 Å². The molecule has 0 bridgehead atoms. The zero-order valence-corrected chi connectivity index (χ0v) is 16.7. The van der Waals surface area contributed by atoms with E-state index in [1.54, 1.807) is 11.3 Å². The van der Waals surface area contributed by atoms with Crippen LogP contribution in [0, 0.1) is 5.92 Å². The predicted molar refractivity (Wildman–Crippen MR) is 106 cm³/mol. The van der Waals surface area contributed by atoms with E-state index in [0.717, 1.165) is 43.6 Å². The van der Waals surface area contributed by atoms with Crippen molar-refractivity contribution in [2.45, 2.75) is 52.5 Å². The Morgan fingerprint density at radius 1 is 1.28 bits per heavy atom. The van der Waals surface area contributed by atoms with Gasteiger partial charge < -0.3 is 15.1 Å². The van der Waals surface area contributed by atoms with E-state index in [-0.39, 0.29) is 0 Å². The van der Waals surface area contributed by atoms with Gasteiger partial charge in [0.25, 0.3) is 0 Å². The van der Waals surface area contributed by atoms with Crippen molar-refractivity contribution in [2.75, 3.05) is 39.3 Å². The van der Waals surface area contributed by atoms with Gasteiger partial charge in [0.15, 0.2) is 5.96 Å². The number of nitrogens with zero attached hydrogens (tertiary/aromatic N) is 4. The maximum Gasteiger partial charge on any atom is 0.194 e. The standard InChI is InChI=1S/C19H33N5S/c1-3-18-22-17(15-25-18)12-21-19(20-4-2)24-11-8-16(14-24)13-23-9-6-5-7-10-23/h15-16H,3-14H2,1-2H3,(H,20,21). The largest absolute Gasteiger partial charge is 0.357 e. The second-order valence-corrected chi connectivity index (χ2v) is 8.16. The van der Waals surface area contributed by atoms with Crippen LogP contribution >= 0.6 is 11.3 Å². The summed E-state index contributed by atoms with van der Waals surface area (Å²) in [6.07, 6.45) is 6.49. The first-order valence-electron chi connectivity index (χ1n) is 9.97. The van der Waals surface area contributed by atoms with Crippen LogP contribution in [0.25, 0.3) is 0 Å². The maximum atomic E-state index is 4.86. The van der Waals surface area contributed by atoms with Gasteiger partial charge in [0.2, 0.25) is 0 Å². The third-order valence-corrected chi connectivity index (χ3v) is 6.22. The van der Waals surface area contributed by atoms with E-state index >= 15 is 0 Å². The quantitative estimate of drug-likeness (QED) is 0.623. The summed E-state index contributed by atoms with van der Waals surface area (Å²) in [5.74, 6) is 1.85. The average Bonchev–Trinajstić information content (AvgIpc) is 3.29. The summed E-state index contributed by atoms with van der Waals surface area (Å²) in [4.78, 5) is 14.6. The highest BCUT2D eigenvalue weighted by Gasteiger charge is 2.26. The lowest BCUT2D eigenvalue weighted by molar-refractivity contribution is 0.198. The number of hydrogen-bond acceptors (Lipinski definition) is 4. The van der Waals surface area contributed by atoms with Gasteiger partial charge >= 0.3 is 0 Å². The number of nitrogens with one attached hydrogen (secondary N) is 1. The summed E-state index contributed by atoms with van der Waals surface area (Å²) in [7, 11) is 0. The highest BCUT2D eigenvalue weighted by molar-refractivity contribution is 7.09. The average molecular weight is 364 g/mol. The molecule has 1 aromatic rings. The fourth-order valence-corrected chi connectivity index (χ4v) is 4.58. The molecule has 5 nitrogen and oxygen atoms in total. The lowest BCUT2D eigenvalue weighted by atomic mass is 10.1. The number of hydrogen-bond donors (Lipinski definition) is 1. The zero-order valence-electron chi connectivity index (χ0n) is 15.8. The fraction of sp³-hybridized carbons (Fsp3) is 0.789. The molecule has 0 radical (unpaired) electrons. The van der Waals surface area contributed by atoms with Gasteiger partial charge in [-0.3, -0.25) is 0 Å². The van der Waals surface area contributed by atoms with Crippen LogP contribution in [0.4, 0.5) is 0 Å². The van der Waals surface area contributed by atoms with Gasteiger partial charge in [0.05, 0.1) is 17.2 Å². The number of aromatic nitrogens is 1. The Bertz CT molecular complexity index is 550. The number of guanidine groups is 1. The Balaban J connectivity index is 1.53. The van der Waals surface area contributed by atoms with Gasteiger partial charge in [-0.1, -0.05) is 13.3 Å². The van der Waals surface area contributed by atoms with Crippen molar-refractivity contribution >= 4 is 17.3 Å². The van der Waals surface area contributed by atoms with E-state index in [0.29, 0.717) is 6.54 Å². The summed E-state index contributed by atoms with van der Waals surface area (Å²) in [6, 6.07) is 0. The molecule has 140 valence electrons. The van der Waals surface area contributed by atoms with Crippen molar-refractivity contribution in [1.82, 2.24) is 20.1 Å². The molecular formula is C19H33N5S. The monoisotopic (exact) mass is 363 g/mol. The minimum atomic E-state index is 0.687. The molecule has 0 aliphatic carbocycles. The van der Waals surface area contributed by atoms with Crippen LogP contribution in [0.5, 0.6) is 0 Å². The molecule has 2 aliphatic rings. The van der Waals surface area contributed by atoms with Gasteiger partial charge in [0.1, 0.15) is 0 Å². The number of piperidine rings is 1. The van der Waals surface area contributed by atoms with E-state index in [9.17, 15) is 0 Å². The highest BCUT2D eigenvalue weighted by atomic mass is 32.1. The molecule has 0 saturated carbocycles. The first-order chi connectivity index (χ1) is 12.3. The van der Waals surface area contributed by atoms with Crippen LogP contribution in [-0.4, -0.2) is 60.0 Å². The molecule has 3 rings (SSSR count). The van der Waals surface area contributed by atoms with Crippen molar-refractivity contribution in [1.29, 1.82) is 0 Å². The van der Waals surface area contributed by atoms with Crippen molar-refractivity contribution in [3.05, 3.63) is 16.1 Å². The molecule has 6 heteroatoms. The molecule has 2 saturated heterocycles. The van der Waals surface area contributed by atoms with E-state index in [1.165, 1.54) is 50.3 Å². The molecule has 1 atom stereocenters. The first kappa shape index (κ1) is 18.6. The summed E-state index contributed by atoms with van der Waals surface area (Å²) in [5, 5.41) is 6.83. The van der Waals surface area contributed by atoms with E-state index in [2.05, 4.69) is 39.3 Å². The summed E-state index contributed by atoms with van der Waals surface area (Å²) < 4.78 is 0. The summed E-state index contributed by atoms with van der Waals surface area (Å²) in [6.45, 7) is 12.0. The number of aryl methyl sites for hydroxylation is 1. The maximum absolute atomic E-state index is 4.86. The van der Waals surface area contributed by atoms with Crippen molar-refractivity contribution in [2.24, 2.45) is 10.9 Å². The molecule has 0 amide bonds. The van der Waals surface area contributed by atoms with Gasteiger partial charge in [-0.05, 0) is 51.6 Å². The molecule has 1 N–H and O–H groups in total. The third-order valence-electron chi connectivity index (χ3n) is 5.18. The minimum Gasteiger partial charge on any atom is -0.357 e. The second kappa shape index (κ2) is 9.53. The molecule has 1 aromatic heterocycles. The number of likely N-dealkylation sites (tertiary alicyclic amines) is 2. The van der Waals surface area contributed by atoms with Gasteiger partial charge in [-0.25, -0.2) is 9.98 Å². The Labute approximate surface area is 156 Å². The molecule has 1 unspecified atom stereocenters. The Morgan fingerprint density at radius 3 is 2.84 bits per heavy atom. The minimum absolute atomic E-state index is 0.687. The second-order valence-electron chi connectivity index (χ2n) is 7.22. The topological polar surface area (TPSA) is 43.8 Å². The highest BCUT2D eigenvalue weighted by Crippen LogP contribution is 2.20. The first-order valence-corrected chi connectivity index (χ1v) is 10.8. The van der Waals surface area contributed by atoms with Crippen LogP contribution in [0.15, 0.2) is 10.4 Å². The molecule has 25 heavy (non-hydrogen) atoms. The fourth-order valence-electron chi connectivity index (χ4n) is 3.85. The summed E-state index contributed by atoms with van der Waals surface area (Å²) in [5.41, 5.74) is 1.10. The number of thiazole rings is 1. The Kier molecular flexibility index (Phi) is 7.11. The van der Waals surface area contributed by atoms with Gasteiger partial charge in [-0.2, -0.15) is 0 Å². The van der Waals surface area contributed by atoms with Crippen LogP contribution in [-0.2, 0) is 13.0 Å². The lowest BCUT2D eigenvalue weighted by Gasteiger charge is -2.29. The Hall–Kier alpha value is -1.14. The Morgan fingerprint density at radius 2 is 2.12 bits per heavy atom. The normalized spacial score (nSPS) is 22.6.